The average molecular weight is 591 g/mol. The van der Waals surface area contributed by atoms with Crippen LogP contribution in [0.4, 0.5) is 32.0 Å². The highest BCUT2D eigenvalue weighted by Crippen LogP contribution is 2.39. The van der Waals surface area contributed by atoms with Crippen LogP contribution in [0.1, 0.15) is 18.9 Å². The minimum atomic E-state index is -5.33. The van der Waals surface area contributed by atoms with E-state index in [0.717, 1.165) is 11.3 Å². The Kier molecular flexibility index (Phi) is 9.67. The fourth-order valence-corrected chi connectivity index (χ4v) is 4.85. The Morgan fingerprint density at radius 2 is 1.67 bits per heavy atom. The van der Waals surface area contributed by atoms with E-state index in [1.165, 1.54) is 24.3 Å². The van der Waals surface area contributed by atoms with E-state index in [2.05, 4.69) is 21.4 Å². The van der Waals surface area contributed by atoms with Crippen molar-refractivity contribution in [1.82, 2.24) is 4.98 Å². The van der Waals surface area contributed by atoms with Crippen molar-refractivity contribution in [1.29, 1.82) is 0 Å². The Labute approximate surface area is 227 Å². The van der Waals surface area contributed by atoms with Crippen LogP contribution >= 0.6 is 23.1 Å². The van der Waals surface area contributed by atoms with Gasteiger partial charge in [0.1, 0.15) is 22.1 Å². The van der Waals surface area contributed by atoms with E-state index in [1.54, 1.807) is 26.0 Å². The molecule has 39 heavy (non-hydrogen) atoms. The summed E-state index contributed by atoms with van der Waals surface area (Å²) in [7, 11) is 0. The number of hydrogen-bond donors (Lipinski definition) is 0. The Balaban J connectivity index is 1.94. The van der Waals surface area contributed by atoms with Crippen LogP contribution in [0, 0.1) is 0 Å². The highest BCUT2D eigenvalue weighted by molar-refractivity contribution is 8.02. The van der Waals surface area contributed by atoms with Crippen LogP contribution in [0.2, 0.25) is 0 Å². The molecule has 208 valence electrons. The van der Waals surface area contributed by atoms with Gasteiger partial charge in [0, 0.05) is 11.0 Å². The molecule has 6 nitrogen and oxygen atoms in total. The summed E-state index contributed by atoms with van der Waals surface area (Å²) < 4.78 is 97.5. The number of alkyl halides is 6. The van der Waals surface area contributed by atoms with Crippen molar-refractivity contribution < 1.29 is 45.3 Å². The van der Waals surface area contributed by atoms with E-state index in [-0.39, 0.29) is 22.2 Å². The number of aliphatic imine (C=N–C) groups is 1. The molecule has 0 spiro atoms. The second-order valence-corrected chi connectivity index (χ2v) is 9.35. The third-order valence-corrected chi connectivity index (χ3v) is 6.57. The topological polar surface area (TPSA) is 70.0 Å². The van der Waals surface area contributed by atoms with Gasteiger partial charge in [-0.1, -0.05) is 11.8 Å². The third kappa shape index (κ3) is 7.99. The van der Waals surface area contributed by atoms with Crippen LogP contribution in [0.25, 0.3) is 16.3 Å². The van der Waals surface area contributed by atoms with E-state index in [1.807, 2.05) is 0 Å². The van der Waals surface area contributed by atoms with Gasteiger partial charge >= 0.3 is 18.3 Å². The molecule has 0 saturated heterocycles. The fraction of sp³-hybridized carbons (Fsp3) is 0.240. The summed E-state index contributed by atoms with van der Waals surface area (Å²) in [6.07, 6.45) is -10.2. The monoisotopic (exact) mass is 590 g/mol. The molecule has 0 aliphatic carbocycles. The number of hydrogen-bond acceptors (Lipinski definition) is 8. The van der Waals surface area contributed by atoms with Gasteiger partial charge in [0.15, 0.2) is 0 Å². The van der Waals surface area contributed by atoms with Gasteiger partial charge in [-0.25, -0.2) is 9.78 Å². The number of esters is 1. The largest absolute Gasteiger partial charge is 0.494 e. The zero-order valence-corrected chi connectivity index (χ0v) is 22.0. The van der Waals surface area contributed by atoms with Crippen LogP contribution in [-0.2, 0) is 9.53 Å². The van der Waals surface area contributed by atoms with Crippen molar-refractivity contribution >= 4 is 57.8 Å². The van der Waals surface area contributed by atoms with Crippen molar-refractivity contribution in [2.75, 3.05) is 13.2 Å². The lowest BCUT2D eigenvalue weighted by atomic mass is 10.3. The maximum absolute atomic E-state index is 13.7. The molecule has 0 unspecified atom stereocenters. The Morgan fingerprint density at radius 1 is 1.03 bits per heavy atom. The molecule has 3 rings (SSSR count). The summed E-state index contributed by atoms with van der Waals surface area (Å²) in [5.74, 6) is -3.43. The number of allylic oxidation sites excluding steroid dienone is 1. The molecule has 14 heteroatoms. The van der Waals surface area contributed by atoms with Crippen LogP contribution in [0.15, 0.2) is 63.0 Å². The number of ether oxygens (including phenoxy) is 3. The summed E-state index contributed by atoms with van der Waals surface area (Å²) in [6, 6.07) is 8.95. The van der Waals surface area contributed by atoms with Crippen LogP contribution in [-0.4, -0.2) is 43.2 Å². The summed E-state index contributed by atoms with van der Waals surface area (Å²) in [5, 5.41) is 0.114. The molecule has 0 N–H and O–H groups in total. The Hall–Kier alpha value is -3.52. The van der Waals surface area contributed by atoms with Gasteiger partial charge < -0.3 is 14.2 Å². The molecule has 0 radical (unpaired) electrons. The normalized spacial score (nSPS) is 12.9. The van der Waals surface area contributed by atoms with Gasteiger partial charge in [-0.3, -0.25) is 4.99 Å². The molecular weight excluding hydrogens is 570 g/mol. The average Bonchev–Trinajstić information content (AvgIpc) is 3.25. The summed E-state index contributed by atoms with van der Waals surface area (Å²) in [4.78, 5) is 20.2. The third-order valence-electron chi connectivity index (χ3n) is 4.67. The van der Waals surface area contributed by atoms with Gasteiger partial charge in [0.05, 0.1) is 29.1 Å². The number of fused-ring (bicyclic) bond motifs is 1. The Morgan fingerprint density at radius 3 is 2.26 bits per heavy atom. The van der Waals surface area contributed by atoms with E-state index in [4.69, 9.17) is 9.47 Å². The smallest absolute Gasteiger partial charge is 0.449 e. The Bertz CT molecular complexity index is 1410. The van der Waals surface area contributed by atoms with Gasteiger partial charge in [0.2, 0.25) is 5.76 Å². The lowest BCUT2D eigenvalue weighted by molar-refractivity contribution is -0.163. The molecule has 0 fully saturated rings. The zero-order valence-electron chi connectivity index (χ0n) is 20.4. The first-order valence-electron chi connectivity index (χ1n) is 11.1. The number of thiazole rings is 1. The number of nitrogens with zero attached hydrogens (tertiary/aromatic N) is 2. The van der Waals surface area contributed by atoms with Crippen molar-refractivity contribution in [3.63, 3.8) is 0 Å². The van der Waals surface area contributed by atoms with E-state index < -0.39 is 29.7 Å². The van der Waals surface area contributed by atoms with E-state index in [0.29, 0.717) is 51.6 Å². The number of halogens is 6. The number of carbonyl (C=O) groups excluding carboxylic acids is 1. The maximum atomic E-state index is 13.7. The predicted octanol–water partition coefficient (Wildman–Crippen LogP) is 8.11. The lowest BCUT2D eigenvalue weighted by Gasteiger charge is -2.15. The molecule has 0 amide bonds. The lowest BCUT2D eigenvalue weighted by Crippen LogP contribution is -2.25. The number of benzene rings is 2. The second kappa shape index (κ2) is 12.6. The fourth-order valence-electron chi connectivity index (χ4n) is 3.01. The highest BCUT2D eigenvalue weighted by Gasteiger charge is 2.44. The minimum Gasteiger partial charge on any atom is -0.494 e. The summed E-state index contributed by atoms with van der Waals surface area (Å²) in [5.41, 5.74) is -1.45. The zero-order chi connectivity index (χ0) is 28.8. The number of aromatic nitrogens is 1. The van der Waals surface area contributed by atoms with Crippen molar-refractivity contribution in [2.45, 2.75) is 31.1 Å². The molecule has 0 atom stereocenters. The number of carbonyl (C=O) groups is 1. The van der Waals surface area contributed by atoms with Gasteiger partial charge in [-0.15, -0.1) is 11.3 Å². The van der Waals surface area contributed by atoms with Gasteiger partial charge in [-0.2, -0.15) is 26.3 Å². The SMILES string of the molecule is C=Nc1ccc(OCC)cc1S/C=C(\C(=O)O/C(=C\c1nc2ccc(OCC)cc2s1)C(F)(F)F)C(F)(F)F. The standard InChI is InChI=1S/C25H20F6N2O4S2/c1-4-35-14-6-8-17(32-3)19(10-14)38-13-16(24(26,27)28)23(34)37-21(25(29,30)31)12-22-33-18-9-7-15(36-5-2)11-20(18)39-22/h6-13H,3-5H2,1-2H3/b16-13+,21-12-. The van der Waals surface area contributed by atoms with E-state index in [9.17, 15) is 31.1 Å². The first-order valence-corrected chi connectivity index (χ1v) is 12.8. The number of thioether (sulfide) groups is 1. The second-order valence-electron chi connectivity index (χ2n) is 7.38. The molecule has 1 heterocycles. The molecule has 1 aromatic heterocycles. The molecule has 0 aliphatic rings. The van der Waals surface area contributed by atoms with Crippen LogP contribution in [0.3, 0.4) is 0 Å². The van der Waals surface area contributed by atoms with Crippen molar-refractivity contribution in [3.05, 3.63) is 58.1 Å². The van der Waals surface area contributed by atoms with Crippen molar-refractivity contribution in [2.24, 2.45) is 4.99 Å². The molecule has 0 saturated carbocycles. The van der Waals surface area contributed by atoms with Crippen molar-refractivity contribution in [3.8, 4) is 11.5 Å². The molecule has 0 aliphatic heterocycles. The van der Waals surface area contributed by atoms with E-state index >= 15 is 0 Å². The molecule has 0 bridgehead atoms. The molecule has 2 aromatic carbocycles. The molecule has 3 aromatic rings. The quantitative estimate of drug-likeness (QED) is 0.0593. The van der Waals surface area contributed by atoms with Gasteiger partial charge in [0.25, 0.3) is 0 Å². The highest BCUT2D eigenvalue weighted by atomic mass is 32.2. The first kappa shape index (κ1) is 30.0. The van der Waals surface area contributed by atoms with Crippen LogP contribution in [0.5, 0.6) is 11.5 Å². The molecular formula is C25H20F6N2O4S2. The first-order chi connectivity index (χ1) is 18.3. The van der Waals surface area contributed by atoms with Crippen LogP contribution < -0.4 is 9.47 Å². The summed E-state index contributed by atoms with van der Waals surface area (Å²) >= 11 is 1.21. The predicted molar refractivity (Wildman–Crippen MR) is 138 cm³/mol. The van der Waals surface area contributed by atoms with Gasteiger partial charge in [-0.05, 0) is 62.4 Å². The minimum absolute atomic E-state index is 0.123. The number of rotatable bonds is 10. The summed E-state index contributed by atoms with van der Waals surface area (Å²) in [6.45, 7) is 7.42. The maximum Gasteiger partial charge on any atom is 0.449 e.